The summed E-state index contributed by atoms with van der Waals surface area (Å²) in [6.07, 6.45) is 9.91. The highest BCUT2D eigenvalue weighted by atomic mass is 15.3. The molecule has 4 N–H and O–H groups in total. The molecule has 0 aromatic heterocycles. The van der Waals surface area contributed by atoms with E-state index in [0.29, 0.717) is 0 Å². The summed E-state index contributed by atoms with van der Waals surface area (Å²) in [7, 11) is 0. The molecule has 0 bridgehead atoms. The molecule has 25 heavy (non-hydrogen) atoms. The van der Waals surface area contributed by atoms with Crippen LogP contribution >= 0.6 is 0 Å². The Morgan fingerprint density at radius 3 is 1.76 bits per heavy atom. The van der Waals surface area contributed by atoms with E-state index in [-0.39, 0.29) is 28.1 Å². The molecule has 1 saturated carbocycles. The Bertz CT molecular complexity index is 380. The Morgan fingerprint density at radius 1 is 0.880 bits per heavy atom. The van der Waals surface area contributed by atoms with Gasteiger partial charge in [0.05, 0.1) is 0 Å². The first-order valence-electron chi connectivity index (χ1n) is 10.5. The Kier molecular flexibility index (Phi) is 7.58. The maximum atomic E-state index is 6.66. The predicted molar refractivity (Wildman–Crippen MR) is 112 cm³/mol. The third kappa shape index (κ3) is 5.94. The molecule has 3 heteroatoms. The Hall–Kier alpha value is -0.120. The third-order valence-corrected chi connectivity index (χ3v) is 6.11. The summed E-state index contributed by atoms with van der Waals surface area (Å²) < 4.78 is 0. The van der Waals surface area contributed by atoms with Crippen LogP contribution in [0, 0.1) is 5.41 Å². The van der Waals surface area contributed by atoms with Gasteiger partial charge in [0.2, 0.25) is 0 Å². The van der Waals surface area contributed by atoms with Crippen molar-refractivity contribution in [3.8, 4) is 0 Å². The van der Waals surface area contributed by atoms with E-state index in [4.69, 9.17) is 11.5 Å². The van der Waals surface area contributed by atoms with Crippen molar-refractivity contribution in [1.29, 1.82) is 0 Å². The fraction of sp³-hybridized carbons (Fsp3) is 1.00. The molecular formula is C22H47N3. The van der Waals surface area contributed by atoms with Gasteiger partial charge in [-0.15, -0.1) is 0 Å². The molecule has 1 rings (SSSR count). The van der Waals surface area contributed by atoms with Crippen molar-refractivity contribution in [3.63, 3.8) is 0 Å². The SMILES string of the molecule is CC(C)(CC1(N(C(C)(C)C)C(C)(C)C)CCCCC1)C(N)CCCN. The molecule has 1 aliphatic carbocycles. The molecule has 0 aliphatic heterocycles. The summed E-state index contributed by atoms with van der Waals surface area (Å²) in [6.45, 7) is 19.8. The van der Waals surface area contributed by atoms with Crippen LogP contribution in [0.5, 0.6) is 0 Å². The standard InChI is InChI=1S/C22H47N3/c1-19(2,3)25(20(4,5)6)22(14-10-9-11-15-22)17-21(7,8)18(24)13-12-16-23/h18H,9-17,23-24H2,1-8H3. The number of hydrogen-bond donors (Lipinski definition) is 2. The smallest absolute Gasteiger partial charge is 0.0225 e. The van der Waals surface area contributed by atoms with E-state index >= 15 is 0 Å². The Labute approximate surface area is 158 Å². The molecule has 0 heterocycles. The average Bonchev–Trinajstić information content (AvgIpc) is 2.41. The van der Waals surface area contributed by atoms with Crippen LogP contribution in [-0.4, -0.2) is 34.1 Å². The zero-order valence-corrected chi connectivity index (χ0v) is 18.5. The van der Waals surface area contributed by atoms with Crippen LogP contribution in [0.2, 0.25) is 0 Å². The second-order valence-electron chi connectivity index (χ2n) is 11.2. The van der Waals surface area contributed by atoms with Gasteiger partial charge in [-0.25, -0.2) is 0 Å². The molecule has 0 aromatic carbocycles. The minimum Gasteiger partial charge on any atom is -0.330 e. The van der Waals surface area contributed by atoms with Gasteiger partial charge < -0.3 is 11.5 Å². The van der Waals surface area contributed by atoms with E-state index < -0.39 is 0 Å². The van der Waals surface area contributed by atoms with Gasteiger partial charge in [-0.05, 0) is 85.6 Å². The molecule has 1 atom stereocenters. The summed E-state index contributed by atoms with van der Waals surface area (Å²) in [6, 6.07) is 0.219. The lowest BCUT2D eigenvalue weighted by molar-refractivity contribution is -0.104. The summed E-state index contributed by atoms with van der Waals surface area (Å²) in [5, 5.41) is 0. The normalized spacial score (nSPS) is 20.8. The van der Waals surface area contributed by atoms with Crippen molar-refractivity contribution in [3.05, 3.63) is 0 Å². The highest BCUT2D eigenvalue weighted by Crippen LogP contribution is 2.49. The van der Waals surface area contributed by atoms with E-state index in [1.165, 1.54) is 38.5 Å². The van der Waals surface area contributed by atoms with E-state index in [1.807, 2.05) is 0 Å². The van der Waals surface area contributed by atoms with Crippen molar-refractivity contribution in [2.75, 3.05) is 6.54 Å². The molecule has 0 radical (unpaired) electrons. The van der Waals surface area contributed by atoms with Crippen molar-refractivity contribution >= 4 is 0 Å². The molecule has 0 amide bonds. The quantitative estimate of drug-likeness (QED) is 0.671. The van der Waals surface area contributed by atoms with E-state index in [9.17, 15) is 0 Å². The lowest BCUT2D eigenvalue weighted by atomic mass is 9.65. The maximum Gasteiger partial charge on any atom is 0.0225 e. The molecule has 3 nitrogen and oxygen atoms in total. The van der Waals surface area contributed by atoms with Crippen molar-refractivity contribution in [1.82, 2.24) is 4.90 Å². The van der Waals surface area contributed by atoms with Crippen LogP contribution in [0.1, 0.15) is 107 Å². The van der Waals surface area contributed by atoms with Gasteiger partial charge in [0.1, 0.15) is 0 Å². The number of rotatable bonds is 7. The molecule has 1 unspecified atom stereocenters. The molecule has 150 valence electrons. The van der Waals surface area contributed by atoms with E-state index in [1.54, 1.807) is 0 Å². The van der Waals surface area contributed by atoms with Crippen LogP contribution < -0.4 is 11.5 Å². The lowest BCUT2D eigenvalue weighted by Gasteiger charge is -2.61. The zero-order chi connectivity index (χ0) is 19.5. The fourth-order valence-electron chi connectivity index (χ4n) is 5.83. The first kappa shape index (κ1) is 22.9. The number of nitrogens with zero attached hydrogens (tertiary/aromatic N) is 1. The average molecular weight is 354 g/mol. The molecule has 1 aliphatic rings. The highest BCUT2D eigenvalue weighted by Gasteiger charge is 2.50. The topological polar surface area (TPSA) is 55.3 Å². The monoisotopic (exact) mass is 353 g/mol. The van der Waals surface area contributed by atoms with E-state index in [2.05, 4.69) is 60.3 Å². The zero-order valence-electron chi connectivity index (χ0n) is 18.5. The van der Waals surface area contributed by atoms with Crippen molar-refractivity contribution in [2.24, 2.45) is 16.9 Å². The van der Waals surface area contributed by atoms with Crippen molar-refractivity contribution < 1.29 is 0 Å². The van der Waals surface area contributed by atoms with E-state index in [0.717, 1.165) is 19.4 Å². The summed E-state index contributed by atoms with van der Waals surface area (Å²) >= 11 is 0. The first-order valence-corrected chi connectivity index (χ1v) is 10.5. The lowest BCUT2D eigenvalue weighted by Crippen LogP contribution is -2.66. The van der Waals surface area contributed by atoms with Gasteiger partial charge in [0, 0.05) is 22.7 Å². The second kappa shape index (κ2) is 8.27. The van der Waals surface area contributed by atoms with Crippen LogP contribution in [-0.2, 0) is 0 Å². The van der Waals surface area contributed by atoms with Crippen LogP contribution in [0.25, 0.3) is 0 Å². The summed E-state index contributed by atoms with van der Waals surface area (Å²) in [5.74, 6) is 0. The number of nitrogens with two attached hydrogens (primary N) is 2. The highest BCUT2D eigenvalue weighted by molar-refractivity contribution is 5.06. The fourth-order valence-corrected chi connectivity index (χ4v) is 5.83. The van der Waals surface area contributed by atoms with Crippen LogP contribution in [0.3, 0.4) is 0 Å². The van der Waals surface area contributed by atoms with Gasteiger partial charge >= 0.3 is 0 Å². The Morgan fingerprint density at radius 2 is 1.36 bits per heavy atom. The van der Waals surface area contributed by atoms with Gasteiger partial charge in [-0.3, -0.25) is 4.90 Å². The van der Waals surface area contributed by atoms with Crippen LogP contribution in [0.15, 0.2) is 0 Å². The second-order valence-corrected chi connectivity index (χ2v) is 11.2. The van der Waals surface area contributed by atoms with Crippen LogP contribution in [0.4, 0.5) is 0 Å². The molecular weight excluding hydrogens is 306 g/mol. The predicted octanol–water partition coefficient (Wildman–Crippen LogP) is 5.07. The van der Waals surface area contributed by atoms with Gasteiger partial charge in [-0.2, -0.15) is 0 Å². The number of hydrogen-bond acceptors (Lipinski definition) is 3. The molecule has 0 aromatic rings. The summed E-state index contributed by atoms with van der Waals surface area (Å²) in [5.41, 5.74) is 13.1. The Balaban J connectivity index is 3.22. The van der Waals surface area contributed by atoms with Gasteiger partial charge in [-0.1, -0.05) is 33.1 Å². The van der Waals surface area contributed by atoms with Gasteiger partial charge in [0.25, 0.3) is 0 Å². The first-order chi connectivity index (χ1) is 11.3. The summed E-state index contributed by atoms with van der Waals surface area (Å²) in [4.78, 5) is 2.84. The molecule has 0 spiro atoms. The largest absolute Gasteiger partial charge is 0.330 e. The maximum absolute atomic E-state index is 6.66. The van der Waals surface area contributed by atoms with Gasteiger partial charge in [0.15, 0.2) is 0 Å². The minimum atomic E-state index is 0.126. The van der Waals surface area contributed by atoms with Crippen molar-refractivity contribution in [2.45, 2.75) is 129 Å². The molecule has 1 fully saturated rings. The molecule has 0 saturated heterocycles. The minimum absolute atomic E-state index is 0.126. The third-order valence-electron chi connectivity index (χ3n) is 6.11.